The number of hydrogen-bond donors (Lipinski definition) is 1. The highest BCUT2D eigenvalue weighted by atomic mass is 16.2. The molecule has 0 aliphatic carbocycles. The first kappa shape index (κ1) is 17.7. The molecule has 1 heterocycles. The van der Waals surface area contributed by atoms with Gasteiger partial charge in [0.25, 0.3) is 0 Å². The summed E-state index contributed by atoms with van der Waals surface area (Å²) in [5.74, 6) is -2.34. The van der Waals surface area contributed by atoms with Crippen molar-refractivity contribution < 1.29 is 19.2 Å². The van der Waals surface area contributed by atoms with E-state index in [9.17, 15) is 19.2 Å². The van der Waals surface area contributed by atoms with Gasteiger partial charge in [0, 0.05) is 12.2 Å². The molecular weight excluding hydrogens is 310 g/mol. The molecule has 1 aromatic rings. The maximum absolute atomic E-state index is 12.2. The maximum atomic E-state index is 12.2. The van der Waals surface area contributed by atoms with Crippen molar-refractivity contribution in [1.82, 2.24) is 9.80 Å². The van der Waals surface area contributed by atoms with Crippen molar-refractivity contribution in [3.63, 3.8) is 0 Å². The van der Waals surface area contributed by atoms with Crippen LogP contribution in [0.25, 0.3) is 0 Å². The molecule has 1 fully saturated rings. The van der Waals surface area contributed by atoms with E-state index >= 15 is 0 Å². The predicted octanol–water partition coefficient (Wildman–Crippen LogP) is 1.69. The Balaban J connectivity index is 2.05. The summed E-state index contributed by atoms with van der Waals surface area (Å²) in [5.41, 5.74) is 2.68. The van der Waals surface area contributed by atoms with Gasteiger partial charge in [-0.3, -0.25) is 19.3 Å². The van der Waals surface area contributed by atoms with Gasteiger partial charge in [-0.05, 0) is 43.0 Å². The highest BCUT2D eigenvalue weighted by Gasteiger charge is 2.45. The lowest BCUT2D eigenvalue weighted by Gasteiger charge is -2.17. The largest absolute Gasteiger partial charge is 0.334 e. The molecule has 7 heteroatoms. The zero-order valence-corrected chi connectivity index (χ0v) is 14.3. The summed E-state index contributed by atoms with van der Waals surface area (Å²) >= 11 is 0. The zero-order valence-electron chi connectivity index (χ0n) is 14.3. The number of carbonyl (C=O) groups is 4. The van der Waals surface area contributed by atoms with Crippen LogP contribution in [0.3, 0.4) is 0 Å². The average Bonchev–Trinajstić information content (AvgIpc) is 2.68. The summed E-state index contributed by atoms with van der Waals surface area (Å²) in [6.45, 7) is 7.21. The Hall–Kier alpha value is -2.70. The Bertz CT molecular complexity index is 712. The topological polar surface area (TPSA) is 86.8 Å². The fraction of sp³-hybridized carbons (Fsp3) is 0.412. The third kappa shape index (κ3) is 3.61. The molecule has 128 valence electrons. The van der Waals surface area contributed by atoms with Crippen molar-refractivity contribution in [3.05, 3.63) is 29.3 Å². The summed E-state index contributed by atoms with van der Waals surface area (Å²) in [6, 6.07) is 4.67. The zero-order chi connectivity index (χ0) is 18.0. The van der Waals surface area contributed by atoms with E-state index in [1.165, 1.54) is 0 Å². The summed E-state index contributed by atoms with van der Waals surface area (Å²) < 4.78 is 0. The van der Waals surface area contributed by atoms with Crippen molar-refractivity contribution in [1.29, 1.82) is 0 Å². The van der Waals surface area contributed by atoms with Crippen molar-refractivity contribution in [3.8, 4) is 0 Å². The molecule has 0 aromatic heterocycles. The average molecular weight is 331 g/mol. The van der Waals surface area contributed by atoms with Gasteiger partial charge in [0.15, 0.2) is 0 Å². The molecule has 0 spiro atoms. The van der Waals surface area contributed by atoms with Crippen LogP contribution in [0, 0.1) is 19.8 Å². The molecule has 1 saturated heterocycles. The first-order chi connectivity index (χ1) is 11.2. The molecule has 5 amide bonds. The molecule has 0 atom stereocenters. The lowest BCUT2D eigenvalue weighted by atomic mass is 10.1. The number of rotatable bonds is 5. The second-order valence-corrected chi connectivity index (χ2v) is 6.33. The molecular formula is C17H21N3O4. The first-order valence-electron chi connectivity index (χ1n) is 7.75. The van der Waals surface area contributed by atoms with Crippen LogP contribution in [-0.4, -0.2) is 46.6 Å². The summed E-state index contributed by atoms with van der Waals surface area (Å²) in [6.07, 6.45) is 0. The fourth-order valence-corrected chi connectivity index (χ4v) is 2.38. The van der Waals surface area contributed by atoms with E-state index in [1.807, 2.05) is 33.8 Å². The number of nitrogens with one attached hydrogen (secondary N) is 1. The smallest absolute Gasteiger partial charge is 0.325 e. The first-order valence-corrected chi connectivity index (χ1v) is 7.75. The fourth-order valence-electron chi connectivity index (χ4n) is 2.38. The second kappa shape index (κ2) is 6.82. The van der Waals surface area contributed by atoms with Gasteiger partial charge in [-0.15, -0.1) is 0 Å². The number of aryl methyl sites for hydroxylation is 2. The van der Waals surface area contributed by atoms with Gasteiger partial charge in [0.05, 0.1) is 0 Å². The molecule has 0 radical (unpaired) electrons. The van der Waals surface area contributed by atoms with Crippen molar-refractivity contribution in [2.24, 2.45) is 5.92 Å². The molecule has 7 nitrogen and oxygen atoms in total. The molecule has 2 rings (SSSR count). The summed E-state index contributed by atoms with van der Waals surface area (Å²) in [7, 11) is 0. The van der Waals surface area contributed by atoms with E-state index in [1.54, 1.807) is 12.1 Å². The number of amides is 5. The van der Waals surface area contributed by atoms with Crippen LogP contribution in [0.15, 0.2) is 18.2 Å². The van der Waals surface area contributed by atoms with Gasteiger partial charge in [-0.25, -0.2) is 9.69 Å². The van der Waals surface area contributed by atoms with Gasteiger partial charge in [-0.1, -0.05) is 19.9 Å². The molecule has 1 N–H and O–H groups in total. The van der Waals surface area contributed by atoms with Gasteiger partial charge < -0.3 is 5.32 Å². The van der Waals surface area contributed by atoms with Crippen LogP contribution in [-0.2, 0) is 14.4 Å². The quantitative estimate of drug-likeness (QED) is 0.657. The van der Waals surface area contributed by atoms with Gasteiger partial charge in [-0.2, -0.15) is 0 Å². The van der Waals surface area contributed by atoms with Crippen LogP contribution in [0.4, 0.5) is 10.5 Å². The lowest BCUT2D eigenvalue weighted by molar-refractivity contribution is -0.143. The van der Waals surface area contributed by atoms with E-state index in [0.717, 1.165) is 16.0 Å². The summed E-state index contributed by atoms with van der Waals surface area (Å²) in [4.78, 5) is 49.6. The van der Waals surface area contributed by atoms with Crippen LogP contribution in [0.1, 0.15) is 25.0 Å². The van der Waals surface area contributed by atoms with Crippen molar-refractivity contribution in [2.45, 2.75) is 27.7 Å². The molecule has 1 aromatic carbocycles. The maximum Gasteiger partial charge on any atom is 0.334 e. The number of carbonyl (C=O) groups excluding carboxylic acids is 4. The molecule has 24 heavy (non-hydrogen) atoms. The lowest BCUT2D eigenvalue weighted by Crippen LogP contribution is -2.39. The van der Waals surface area contributed by atoms with Crippen LogP contribution in [0.5, 0.6) is 0 Å². The molecule has 1 aliphatic rings. The third-order valence-electron chi connectivity index (χ3n) is 3.78. The summed E-state index contributed by atoms with van der Waals surface area (Å²) in [5, 5.41) is 2.63. The Morgan fingerprint density at radius 1 is 1.04 bits per heavy atom. The Morgan fingerprint density at radius 2 is 1.67 bits per heavy atom. The minimum atomic E-state index is -0.962. The number of benzene rings is 1. The van der Waals surface area contributed by atoms with Gasteiger partial charge in [0.2, 0.25) is 5.91 Å². The van der Waals surface area contributed by atoms with Crippen LogP contribution >= 0.6 is 0 Å². The number of anilines is 1. The van der Waals surface area contributed by atoms with E-state index in [0.29, 0.717) is 10.6 Å². The highest BCUT2D eigenvalue weighted by molar-refractivity contribution is 6.45. The number of nitrogens with zero attached hydrogens (tertiary/aromatic N) is 2. The number of hydrogen-bond acceptors (Lipinski definition) is 4. The predicted molar refractivity (Wildman–Crippen MR) is 88.2 cm³/mol. The van der Waals surface area contributed by atoms with E-state index < -0.39 is 30.3 Å². The molecule has 1 aliphatic heterocycles. The Kier molecular flexibility index (Phi) is 5.02. The minimum Gasteiger partial charge on any atom is -0.325 e. The van der Waals surface area contributed by atoms with E-state index in [4.69, 9.17) is 0 Å². The highest BCUT2D eigenvalue weighted by Crippen LogP contribution is 2.16. The van der Waals surface area contributed by atoms with E-state index in [2.05, 4.69) is 5.32 Å². The number of imide groups is 2. The van der Waals surface area contributed by atoms with Crippen LogP contribution in [0.2, 0.25) is 0 Å². The Labute approximate surface area is 140 Å². The molecule has 0 saturated carbocycles. The van der Waals surface area contributed by atoms with Gasteiger partial charge in [0.1, 0.15) is 6.54 Å². The monoisotopic (exact) mass is 331 g/mol. The molecule has 0 bridgehead atoms. The minimum absolute atomic E-state index is 0.0370. The second-order valence-electron chi connectivity index (χ2n) is 6.33. The SMILES string of the molecule is Cc1ccc(NC(=O)CN2C(=O)C(=O)N(CC(C)C)C2=O)cc1C. The van der Waals surface area contributed by atoms with Crippen LogP contribution < -0.4 is 5.32 Å². The Morgan fingerprint density at radius 3 is 2.25 bits per heavy atom. The van der Waals surface area contributed by atoms with Crippen molar-refractivity contribution in [2.75, 3.05) is 18.4 Å². The normalized spacial score (nSPS) is 14.8. The van der Waals surface area contributed by atoms with Crippen molar-refractivity contribution >= 4 is 29.4 Å². The number of urea groups is 1. The third-order valence-corrected chi connectivity index (χ3v) is 3.78. The molecule has 0 unspecified atom stereocenters. The van der Waals surface area contributed by atoms with Gasteiger partial charge >= 0.3 is 17.8 Å². The standard InChI is InChI=1S/C17H21N3O4/c1-10(2)8-19-15(22)16(23)20(17(19)24)9-14(21)18-13-6-5-11(3)12(4)7-13/h5-7,10H,8-9H2,1-4H3,(H,18,21). The van der Waals surface area contributed by atoms with E-state index in [-0.39, 0.29) is 12.5 Å².